The Hall–Kier alpha value is -2.50. The quantitative estimate of drug-likeness (QED) is 0.518. The van der Waals surface area contributed by atoms with Crippen molar-refractivity contribution in [3.8, 4) is 0 Å². The van der Waals surface area contributed by atoms with Crippen LogP contribution in [-0.4, -0.2) is 15.8 Å². The summed E-state index contributed by atoms with van der Waals surface area (Å²) in [5.41, 5.74) is 13.4. The van der Waals surface area contributed by atoms with Gasteiger partial charge in [-0.15, -0.1) is 0 Å². The Balaban J connectivity index is 1.96. The third-order valence-corrected chi connectivity index (χ3v) is 3.85. The second-order valence-corrected chi connectivity index (χ2v) is 5.58. The molecule has 0 unspecified atom stereocenters. The van der Waals surface area contributed by atoms with E-state index in [9.17, 15) is 4.39 Å². The minimum atomic E-state index is -0.406. The first-order valence-corrected chi connectivity index (χ1v) is 7.28. The van der Waals surface area contributed by atoms with Crippen LogP contribution in [-0.2, 0) is 0 Å². The number of anilines is 1. The van der Waals surface area contributed by atoms with E-state index in [0.717, 1.165) is 24.4 Å². The van der Waals surface area contributed by atoms with E-state index in [1.807, 2.05) is 6.92 Å². The van der Waals surface area contributed by atoms with Crippen LogP contribution in [0.5, 0.6) is 0 Å². The number of nitrogens with two attached hydrogens (primary N) is 2. The zero-order valence-corrected chi connectivity index (χ0v) is 12.4. The molecule has 1 aliphatic carbocycles. The molecule has 0 amide bonds. The lowest BCUT2D eigenvalue weighted by Gasteiger charge is -2.23. The number of amidine groups is 1. The SMILES string of the molecule is Cc1cc(N=C(N)c2cc(F)ccc2N)nc(C2CCC2)n1. The van der Waals surface area contributed by atoms with Gasteiger partial charge in [-0.3, -0.25) is 0 Å². The van der Waals surface area contributed by atoms with Crippen molar-refractivity contribution in [1.82, 2.24) is 9.97 Å². The molecule has 2 aromatic rings. The molecule has 3 rings (SSSR count). The van der Waals surface area contributed by atoms with Crippen LogP contribution in [0.25, 0.3) is 0 Å². The molecule has 4 N–H and O–H groups in total. The van der Waals surface area contributed by atoms with Gasteiger partial charge in [0.15, 0.2) is 5.82 Å². The van der Waals surface area contributed by atoms with Crippen LogP contribution in [0, 0.1) is 12.7 Å². The largest absolute Gasteiger partial charge is 0.398 e. The number of rotatable bonds is 3. The highest BCUT2D eigenvalue weighted by Gasteiger charge is 2.22. The van der Waals surface area contributed by atoms with Gasteiger partial charge in [-0.05, 0) is 38.0 Å². The molecule has 114 valence electrons. The molecule has 1 fully saturated rings. The fraction of sp³-hybridized carbons (Fsp3) is 0.312. The van der Waals surface area contributed by atoms with Crippen molar-refractivity contribution in [2.24, 2.45) is 10.7 Å². The van der Waals surface area contributed by atoms with Crippen LogP contribution in [0.3, 0.4) is 0 Å². The van der Waals surface area contributed by atoms with Gasteiger partial charge in [0.05, 0.1) is 0 Å². The summed E-state index contributed by atoms with van der Waals surface area (Å²) in [6.45, 7) is 1.90. The molecule has 1 aromatic heterocycles. The van der Waals surface area contributed by atoms with Crippen LogP contribution in [0.15, 0.2) is 29.3 Å². The van der Waals surface area contributed by atoms with Crippen molar-refractivity contribution < 1.29 is 4.39 Å². The van der Waals surface area contributed by atoms with E-state index < -0.39 is 5.82 Å². The van der Waals surface area contributed by atoms with Crippen LogP contribution < -0.4 is 11.5 Å². The molecule has 5 nitrogen and oxygen atoms in total. The predicted octanol–water partition coefficient (Wildman–Crippen LogP) is 2.81. The van der Waals surface area contributed by atoms with Crippen molar-refractivity contribution in [1.29, 1.82) is 0 Å². The summed E-state index contributed by atoms with van der Waals surface area (Å²) in [6.07, 6.45) is 3.43. The number of aromatic nitrogens is 2. The first kappa shape index (κ1) is 14.4. The maximum absolute atomic E-state index is 13.3. The summed E-state index contributed by atoms with van der Waals surface area (Å²) in [4.78, 5) is 13.2. The molecule has 1 heterocycles. The highest BCUT2D eigenvalue weighted by atomic mass is 19.1. The van der Waals surface area contributed by atoms with Gasteiger partial charge in [-0.25, -0.2) is 19.4 Å². The van der Waals surface area contributed by atoms with Crippen LogP contribution >= 0.6 is 0 Å². The summed E-state index contributed by atoms with van der Waals surface area (Å²) in [5.74, 6) is 1.45. The monoisotopic (exact) mass is 299 g/mol. The number of aliphatic imine (C=N–C) groups is 1. The van der Waals surface area contributed by atoms with Gasteiger partial charge in [0.25, 0.3) is 0 Å². The van der Waals surface area contributed by atoms with Gasteiger partial charge >= 0.3 is 0 Å². The third kappa shape index (κ3) is 2.90. The smallest absolute Gasteiger partial charge is 0.158 e. The van der Waals surface area contributed by atoms with Crippen LogP contribution in [0.4, 0.5) is 15.9 Å². The molecule has 0 atom stereocenters. The van der Waals surface area contributed by atoms with Gasteiger partial charge < -0.3 is 11.5 Å². The Morgan fingerprint density at radius 3 is 2.73 bits per heavy atom. The molecule has 1 aromatic carbocycles. The average molecular weight is 299 g/mol. The number of aryl methyl sites for hydroxylation is 1. The van der Waals surface area contributed by atoms with Crippen LogP contribution in [0.2, 0.25) is 0 Å². The lowest BCUT2D eigenvalue weighted by atomic mass is 9.85. The topological polar surface area (TPSA) is 90.2 Å². The summed E-state index contributed by atoms with van der Waals surface area (Å²) in [6, 6.07) is 5.79. The molecule has 0 saturated heterocycles. The van der Waals surface area contributed by atoms with Crippen molar-refractivity contribution in [2.75, 3.05) is 5.73 Å². The molecular formula is C16H18FN5. The van der Waals surface area contributed by atoms with E-state index in [0.29, 0.717) is 23.0 Å². The number of hydrogen-bond acceptors (Lipinski definition) is 4. The maximum Gasteiger partial charge on any atom is 0.158 e. The Bertz CT molecular complexity index is 737. The minimum absolute atomic E-state index is 0.148. The molecule has 1 saturated carbocycles. The molecular weight excluding hydrogens is 281 g/mol. The Labute approximate surface area is 128 Å². The molecule has 22 heavy (non-hydrogen) atoms. The van der Waals surface area contributed by atoms with E-state index in [2.05, 4.69) is 15.0 Å². The second kappa shape index (κ2) is 5.71. The highest BCUT2D eigenvalue weighted by molar-refractivity contribution is 6.03. The van der Waals surface area contributed by atoms with E-state index >= 15 is 0 Å². The van der Waals surface area contributed by atoms with Crippen molar-refractivity contribution in [3.63, 3.8) is 0 Å². The fourth-order valence-electron chi connectivity index (χ4n) is 2.41. The zero-order chi connectivity index (χ0) is 15.7. The first-order valence-electron chi connectivity index (χ1n) is 7.28. The summed E-state index contributed by atoms with van der Waals surface area (Å²) < 4.78 is 13.3. The number of halogens is 1. The molecule has 0 aliphatic heterocycles. The number of benzene rings is 1. The molecule has 0 radical (unpaired) electrons. The molecule has 0 bridgehead atoms. The average Bonchev–Trinajstić information content (AvgIpc) is 2.38. The van der Waals surface area contributed by atoms with E-state index in [-0.39, 0.29) is 5.84 Å². The van der Waals surface area contributed by atoms with Gasteiger partial charge in [-0.2, -0.15) is 0 Å². The van der Waals surface area contributed by atoms with Crippen molar-refractivity contribution in [2.45, 2.75) is 32.1 Å². The maximum atomic E-state index is 13.3. The van der Waals surface area contributed by atoms with E-state index in [1.54, 1.807) is 6.07 Å². The lowest BCUT2D eigenvalue weighted by molar-refractivity contribution is 0.401. The molecule has 6 heteroatoms. The van der Waals surface area contributed by atoms with E-state index in [1.165, 1.54) is 24.6 Å². The van der Waals surface area contributed by atoms with E-state index in [4.69, 9.17) is 11.5 Å². The highest BCUT2D eigenvalue weighted by Crippen LogP contribution is 2.35. The minimum Gasteiger partial charge on any atom is -0.398 e. The third-order valence-electron chi connectivity index (χ3n) is 3.85. The predicted molar refractivity (Wildman–Crippen MR) is 84.6 cm³/mol. The molecule has 0 spiro atoms. The Morgan fingerprint density at radius 2 is 2.05 bits per heavy atom. The number of hydrogen-bond donors (Lipinski definition) is 2. The zero-order valence-electron chi connectivity index (χ0n) is 12.4. The second-order valence-electron chi connectivity index (χ2n) is 5.58. The normalized spacial score (nSPS) is 15.6. The number of nitrogens with zero attached hydrogens (tertiary/aromatic N) is 3. The van der Waals surface area contributed by atoms with Gasteiger partial charge in [0, 0.05) is 28.9 Å². The van der Waals surface area contributed by atoms with Crippen LogP contribution in [0.1, 0.15) is 42.3 Å². The number of nitrogen functional groups attached to an aromatic ring is 1. The summed E-state index contributed by atoms with van der Waals surface area (Å²) in [7, 11) is 0. The Kier molecular flexibility index (Phi) is 3.75. The standard InChI is InChI=1S/C16H18FN5/c1-9-7-14(22-16(20-9)10-3-2-4-10)21-15(19)12-8-11(17)5-6-13(12)18/h5-8,10H,2-4,18H2,1H3,(H2,19,20,21,22). The fourth-order valence-corrected chi connectivity index (χ4v) is 2.41. The van der Waals surface area contributed by atoms with Gasteiger partial charge in [0.2, 0.25) is 0 Å². The van der Waals surface area contributed by atoms with Crippen molar-refractivity contribution in [3.05, 3.63) is 47.2 Å². The molecule has 1 aliphatic rings. The first-order chi connectivity index (χ1) is 10.5. The summed E-state index contributed by atoms with van der Waals surface area (Å²) in [5, 5.41) is 0. The Morgan fingerprint density at radius 1 is 1.27 bits per heavy atom. The van der Waals surface area contributed by atoms with Gasteiger partial charge in [0.1, 0.15) is 17.5 Å². The summed E-state index contributed by atoms with van der Waals surface area (Å²) >= 11 is 0. The lowest BCUT2D eigenvalue weighted by Crippen LogP contribution is -2.16. The van der Waals surface area contributed by atoms with Gasteiger partial charge in [-0.1, -0.05) is 6.42 Å². The van der Waals surface area contributed by atoms with Crippen molar-refractivity contribution >= 4 is 17.3 Å².